The van der Waals surface area contributed by atoms with Crippen LogP contribution in [0.25, 0.3) is 22.2 Å². The molecule has 2 aromatic carbocycles. The lowest BCUT2D eigenvalue weighted by Crippen LogP contribution is -2.21. The molecule has 0 unspecified atom stereocenters. The van der Waals surface area contributed by atoms with Gasteiger partial charge in [0.05, 0.1) is 11.4 Å². The predicted octanol–water partition coefficient (Wildman–Crippen LogP) is 5.00. The van der Waals surface area contributed by atoms with Crippen LogP contribution >= 0.6 is 0 Å². The van der Waals surface area contributed by atoms with Gasteiger partial charge in [-0.3, -0.25) is 0 Å². The molecule has 6 rings (SSSR count). The number of nitrogen functional groups attached to an aromatic ring is 2. The van der Waals surface area contributed by atoms with Crippen molar-refractivity contribution in [1.29, 1.82) is 0 Å². The van der Waals surface area contributed by atoms with E-state index < -0.39 is 0 Å². The normalized spacial score (nSPS) is 18.1. The molecule has 0 atom stereocenters. The smallest absolute Gasteiger partial charge is 0.239 e. The van der Waals surface area contributed by atoms with Crippen LogP contribution in [-0.2, 0) is 0 Å². The molecule has 3 heterocycles. The first-order valence-electron chi connectivity index (χ1n) is 11.8. The molecule has 0 aliphatic heterocycles. The highest BCUT2D eigenvalue weighted by atomic mass is 16.5. The van der Waals surface area contributed by atoms with Gasteiger partial charge in [0, 0.05) is 17.8 Å². The molecule has 9 nitrogen and oxygen atoms in total. The Hall–Kier alpha value is -4.40. The zero-order valence-electron chi connectivity index (χ0n) is 19.2. The molecule has 176 valence electrons. The molecule has 35 heavy (non-hydrogen) atoms. The minimum atomic E-state index is 0.314. The number of nitrogens with zero attached hydrogens (tertiary/aromatic N) is 6. The molecule has 0 radical (unpaired) electrons. The van der Waals surface area contributed by atoms with Crippen LogP contribution in [0.15, 0.2) is 73.4 Å². The molecular formula is C26H26N8O. The fourth-order valence-corrected chi connectivity index (χ4v) is 5.00. The summed E-state index contributed by atoms with van der Waals surface area (Å²) in [5.74, 6) is 2.39. The fourth-order valence-electron chi connectivity index (χ4n) is 5.00. The number of hydrogen-bond acceptors (Lipinski definition) is 7. The number of fused-ring (bicyclic) bond motifs is 1. The van der Waals surface area contributed by atoms with Crippen LogP contribution in [0.4, 0.5) is 11.8 Å². The summed E-state index contributed by atoms with van der Waals surface area (Å²) in [6, 6.07) is 18.4. The first kappa shape index (κ1) is 21.2. The van der Waals surface area contributed by atoms with E-state index in [0.29, 0.717) is 23.8 Å². The van der Waals surface area contributed by atoms with Crippen LogP contribution in [0.5, 0.6) is 11.5 Å². The molecule has 1 aliphatic rings. The van der Waals surface area contributed by atoms with Gasteiger partial charge in [-0.05, 0) is 55.5 Å². The molecule has 0 saturated heterocycles. The maximum absolute atomic E-state index is 6.35. The average Bonchev–Trinajstić information content (AvgIpc) is 3.50. The van der Waals surface area contributed by atoms with Crippen LogP contribution in [0.2, 0.25) is 0 Å². The lowest BCUT2D eigenvalue weighted by atomic mass is 9.91. The first-order valence-corrected chi connectivity index (χ1v) is 11.8. The largest absolute Gasteiger partial charge is 0.457 e. The number of ether oxygens (including phenoxy) is 1. The number of para-hydroxylation sites is 1. The van der Waals surface area contributed by atoms with Crippen LogP contribution in [0.3, 0.4) is 0 Å². The molecule has 1 saturated carbocycles. The summed E-state index contributed by atoms with van der Waals surface area (Å²) in [4.78, 5) is 13.0. The third-order valence-electron chi connectivity index (χ3n) is 6.74. The number of rotatable bonds is 5. The maximum Gasteiger partial charge on any atom is 0.239 e. The second-order valence-electron chi connectivity index (χ2n) is 8.89. The van der Waals surface area contributed by atoms with E-state index in [9.17, 15) is 0 Å². The van der Waals surface area contributed by atoms with Crippen molar-refractivity contribution in [3.05, 3.63) is 73.4 Å². The molecule has 0 amide bonds. The van der Waals surface area contributed by atoms with E-state index >= 15 is 0 Å². The maximum atomic E-state index is 6.35. The number of aromatic nitrogens is 6. The van der Waals surface area contributed by atoms with Crippen molar-refractivity contribution in [2.45, 2.75) is 37.8 Å². The number of benzene rings is 2. The Kier molecular flexibility index (Phi) is 5.29. The van der Waals surface area contributed by atoms with E-state index in [2.05, 4.69) is 42.9 Å². The summed E-state index contributed by atoms with van der Waals surface area (Å²) >= 11 is 0. The Morgan fingerprint density at radius 1 is 0.800 bits per heavy atom. The Bertz CT molecular complexity index is 1450. The summed E-state index contributed by atoms with van der Waals surface area (Å²) in [7, 11) is 0. The van der Waals surface area contributed by atoms with E-state index in [1.165, 1.54) is 0 Å². The van der Waals surface area contributed by atoms with E-state index in [0.717, 1.165) is 59.3 Å². The average molecular weight is 467 g/mol. The molecule has 0 spiro atoms. The number of hydrogen-bond donors (Lipinski definition) is 2. The van der Waals surface area contributed by atoms with Gasteiger partial charge >= 0.3 is 0 Å². The Labute approximate surface area is 202 Å². The lowest BCUT2D eigenvalue weighted by Gasteiger charge is -2.29. The van der Waals surface area contributed by atoms with Gasteiger partial charge < -0.3 is 20.8 Å². The van der Waals surface area contributed by atoms with Crippen LogP contribution in [0, 0.1) is 0 Å². The summed E-state index contributed by atoms with van der Waals surface area (Å²) in [5.41, 5.74) is 15.0. The van der Waals surface area contributed by atoms with Gasteiger partial charge in [0.25, 0.3) is 0 Å². The minimum Gasteiger partial charge on any atom is -0.457 e. The van der Waals surface area contributed by atoms with Gasteiger partial charge in [0.15, 0.2) is 0 Å². The van der Waals surface area contributed by atoms with Crippen molar-refractivity contribution >= 4 is 22.8 Å². The van der Waals surface area contributed by atoms with Crippen LogP contribution < -0.4 is 16.2 Å². The van der Waals surface area contributed by atoms with E-state index in [4.69, 9.17) is 16.2 Å². The van der Waals surface area contributed by atoms with Crippen molar-refractivity contribution in [2.75, 3.05) is 11.5 Å². The summed E-state index contributed by atoms with van der Waals surface area (Å²) < 4.78 is 10.1. The Morgan fingerprint density at radius 2 is 1.51 bits per heavy atom. The predicted molar refractivity (Wildman–Crippen MR) is 135 cm³/mol. The Balaban J connectivity index is 1.29. The van der Waals surface area contributed by atoms with Crippen molar-refractivity contribution in [3.63, 3.8) is 0 Å². The minimum absolute atomic E-state index is 0.314. The summed E-state index contributed by atoms with van der Waals surface area (Å²) in [6.07, 6.45) is 9.42. The third-order valence-corrected chi connectivity index (χ3v) is 6.74. The number of nitrogens with two attached hydrogens (primary N) is 2. The molecule has 4 N–H and O–H groups in total. The first-order chi connectivity index (χ1) is 17.2. The lowest BCUT2D eigenvalue weighted by molar-refractivity contribution is 0.264. The molecule has 1 fully saturated rings. The molecule has 9 heteroatoms. The van der Waals surface area contributed by atoms with E-state index in [1.807, 2.05) is 47.1 Å². The second-order valence-corrected chi connectivity index (χ2v) is 8.89. The molecule has 5 aromatic rings. The van der Waals surface area contributed by atoms with Crippen molar-refractivity contribution in [1.82, 2.24) is 29.3 Å². The second kappa shape index (κ2) is 8.75. The van der Waals surface area contributed by atoms with Crippen molar-refractivity contribution < 1.29 is 4.74 Å². The van der Waals surface area contributed by atoms with Gasteiger partial charge in [-0.25, -0.2) is 19.6 Å². The SMILES string of the molecule is Nc1ncn([C@H]2CC[C@@H](n3cc(-c4ccc(Oc5ccccc5)cc4)c4c(N)ncnc43)CC2)n1. The topological polar surface area (TPSA) is 123 Å². The van der Waals surface area contributed by atoms with Gasteiger partial charge in [0.2, 0.25) is 5.95 Å². The summed E-state index contributed by atoms with van der Waals surface area (Å²) in [6.45, 7) is 0. The third kappa shape index (κ3) is 4.05. The van der Waals surface area contributed by atoms with E-state index in [1.54, 1.807) is 12.7 Å². The summed E-state index contributed by atoms with van der Waals surface area (Å²) in [5, 5.41) is 5.18. The van der Waals surface area contributed by atoms with Gasteiger partial charge in [0.1, 0.15) is 35.6 Å². The monoisotopic (exact) mass is 466 g/mol. The van der Waals surface area contributed by atoms with Gasteiger partial charge in [-0.1, -0.05) is 30.3 Å². The highest BCUT2D eigenvalue weighted by Gasteiger charge is 2.27. The number of anilines is 2. The molecule has 3 aromatic heterocycles. The highest BCUT2D eigenvalue weighted by Crippen LogP contribution is 2.40. The highest BCUT2D eigenvalue weighted by molar-refractivity contribution is 6.00. The van der Waals surface area contributed by atoms with Gasteiger partial charge in [-0.2, -0.15) is 0 Å². The van der Waals surface area contributed by atoms with Crippen LogP contribution in [-0.4, -0.2) is 29.3 Å². The quantitative estimate of drug-likeness (QED) is 0.373. The van der Waals surface area contributed by atoms with Crippen molar-refractivity contribution in [3.8, 4) is 22.6 Å². The molecule has 0 bridgehead atoms. The zero-order valence-corrected chi connectivity index (χ0v) is 19.2. The van der Waals surface area contributed by atoms with E-state index in [-0.39, 0.29) is 0 Å². The fraction of sp³-hybridized carbons (Fsp3) is 0.231. The van der Waals surface area contributed by atoms with Crippen LogP contribution in [0.1, 0.15) is 37.8 Å². The molecule has 1 aliphatic carbocycles. The molecular weight excluding hydrogens is 440 g/mol. The van der Waals surface area contributed by atoms with Crippen molar-refractivity contribution in [2.24, 2.45) is 0 Å². The zero-order chi connectivity index (χ0) is 23.8. The standard InChI is InChI=1S/C26H26N8O/c27-24-23-22(17-6-12-21(13-7-17)35-20-4-2-1-3-5-20)14-33(25(23)30-15-29-24)18-8-10-19(11-9-18)34-16-31-26(28)32-34/h1-7,12-16,18-19H,8-11H2,(H2,28,32)(H2,27,29,30)/t18-,19+. The Morgan fingerprint density at radius 3 is 2.23 bits per heavy atom. The van der Waals surface area contributed by atoms with Gasteiger partial charge in [-0.15, -0.1) is 5.10 Å².